The molecule has 0 spiro atoms. The quantitative estimate of drug-likeness (QED) is 0.566. The number of halogens is 1. The molecular weight excluding hydrogens is 144 g/mol. The Hall–Kier alpha value is 0.0800. The van der Waals surface area contributed by atoms with Crippen LogP contribution < -0.4 is 0 Å². The molecule has 46 valence electrons. The van der Waals surface area contributed by atoms with Gasteiger partial charge in [-0.1, -0.05) is 0 Å². The molecule has 8 heavy (non-hydrogen) atoms. The van der Waals surface area contributed by atoms with E-state index in [0.717, 1.165) is 0 Å². The van der Waals surface area contributed by atoms with E-state index in [1.165, 1.54) is 0 Å². The molecule has 1 nitrogen and oxygen atoms in total. The maximum absolute atomic E-state index is 8.72. The molecule has 0 aromatic rings. The van der Waals surface area contributed by atoms with Crippen molar-refractivity contribution in [1.29, 1.82) is 0 Å². The van der Waals surface area contributed by atoms with Crippen LogP contribution in [0, 0.1) is 0 Å². The number of aliphatic hydroxyl groups is 1. The smallest absolute Gasteiger partial charge is 0.0918 e. The molecule has 1 rings (SSSR count). The van der Waals surface area contributed by atoms with E-state index in [9.17, 15) is 0 Å². The Labute approximate surface area is 58.9 Å². The molecule has 0 aliphatic carbocycles. The second kappa shape index (κ2) is 4.01. The third-order valence-corrected chi connectivity index (χ3v) is 1.34. The molecule has 1 N–H and O–H groups in total. The maximum atomic E-state index is 8.72. The Bertz CT molecular complexity index is 99.0. The molecule has 0 amide bonds. The Morgan fingerprint density at radius 3 is 2.00 bits per heavy atom. The van der Waals surface area contributed by atoms with E-state index in [4.69, 9.17) is 5.11 Å². The largest absolute Gasteiger partial charge is 0.385 e. The predicted molar refractivity (Wildman–Crippen MR) is 39.1 cm³/mol. The van der Waals surface area contributed by atoms with Crippen molar-refractivity contribution in [3.05, 3.63) is 23.0 Å². The summed E-state index contributed by atoms with van der Waals surface area (Å²) >= 11 is 1.58. The van der Waals surface area contributed by atoms with Crippen molar-refractivity contribution in [1.82, 2.24) is 0 Å². The van der Waals surface area contributed by atoms with Gasteiger partial charge in [-0.3, -0.25) is 0 Å². The minimum absolute atomic E-state index is 0. The van der Waals surface area contributed by atoms with Gasteiger partial charge in [-0.05, 0) is 23.0 Å². The lowest BCUT2D eigenvalue weighted by Gasteiger charge is -1.98. The zero-order chi connectivity index (χ0) is 5.11. The summed E-state index contributed by atoms with van der Waals surface area (Å²) in [6.07, 6.45) is 3.14. The van der Waals surface area contributed by atoms with E-state index >= 15 is 0 Å². The van der Waals surface area contributed by atoms with Crippen LogP contribution in [-0.2, 0) is 0 Å². The van der Waals surface area contributed by atoms with Gasteiger partial charge in [0.1, 0.15) is 0 Å². The lowest BCUT2D eigenvalue weighted by molar-refractivity contribution is 0.272. The molecule has 0 saturated heterocycles. The molecule has 0 radical (unpaired) electrons. The number of rotatable bonds is 0. The molecule has 1 aliphatic heterocycles. The Kier molecular flexibility index (Phi) is 4.05. The van der Waals surface area contributed by atoms with Crippen LogP contribution in [0.1, 0.15) is 0 Å². The number of aliphatic hydroxyl groups excluding tert-OH is 1. The minimum atomic E-state index is -0.346. The fraction of sp³-hybridized carbons (Fsp3) is 0.200. The van der Waals surface area contributed by atoms with Crippen molar-refractivity contribution in [2.24, 2.45) is 0 Å². The molecular formula is C5H7ClOS. The molecule has 0 unspecified atom stereocenters. The van der Waals surface area contributed by atoms with Crippen LogP contribution >= 0.6 is 24.2 Å². The van der Waals surface area contributed by atoms with Crippen molar-refractivity contribution in [2.75, 3.05) is 0 Å². The highest BCUT2D eigenvalue weighted by atomic mass is 35.5. The van der Waals surface area contributed by atoms with Crippen molar-refractivity contribution >= 4 is 24.2 Å². The van der Waals surface area contributed by atoms with Crippen LogP contribution in [0.4, 0.5) is 0 Å². The monoisotopic (exact) mass is 150 g/mol. The number of hydrogen-bond acceptors (Lipinski definition) is 2. The molecule has 0 aromatic carbocycles. The van der Waals surface area contributed by atoms with E-state index in [2.05, 4.69) is 0 Å². The van der Waals surface area contributed by atoms with Crippen molar-refractivity contribution in [2.45, 2.75) is 6.10 Å². The highest BCUT2D eigenvalue weighted by Gasteiger charge is 1.92. The Morgan fingerprint density at radius 1 is 1.25 bits per heavy atom. The van der Waals surface area contributed by atoms with Crippen molar-refractivity contribution < 1.29 is 5.11 Å². The average Bonchev–Trinajstić information content (AvgIpc) is 1.69. The third kappa shape index (κ3) is 2.40. The van der Waals surface area contributed by atoms with Crippen LogP contribution in [0.5, 0.6) is 0 Å². The maximum Gasteiger partial charge on any atom is 0.0918 e. The van der Waals surface area contributed by atoms with Crippen LogP contribution in [0.3, 0.4) is 0 Å². The fourth-order valence-electron chi connectivity index (χ4n) is 0.361. The van der Waals surface area contributed by atoms with Gasteiger partial charge in [0.15, 0.2) is 0 Å². The highest BCUT2D eigenvalue weighted by molar-refractivity contribution is 8.04. The molecule has 0 saturated carbocycles. The first-order valence-electron chi connectivity index (χ1n) is 2.06. The standard InChI is InChI=1S/C5H6OS.ClH/c6-5-1-3-7-4-2-5;/h1-6H;1H. The summed E-state index contributed by atoms with van der Waals surface area (Å²) in [5.74, 6) is 0. The number of hydrogen-bond donors (Lipinski definition) is 1. The van der Waals surface area contributed by atoms with Gasteiger partial charge in [0.2, 0.25) is 0 Å². The van der Waals surface area contributed by atoms with Crippen LogP contribution in [0.25, 0.3) is 0 Å². The molecule has 0 bridgehead atoms. The first kappa shape index (κ1) is 8.08. The van der Waals surface area contributed by atoms with Crippen LogP contribution in [-0.4, -0.2) is 11.2 Å². The van der Waals surface area contributed by atoms with Gasteiger partial charge in [-0.15, -0.1) is 24.2 Å². The third-order valence-electron chi connectivity index (χ3n) is 0.709. The van der Waals surface area contributed by atoms with Crippen molar-refractivity contribution in [3.8, 4) is 0 Å². The zero-order valence-corrected chi connectivity index (χ0v) is 5.78. The SMILES string of the molecule is Cl.OC1C=CSC=C1. The first-order valence-corrected chi connectivity index (χ1v) is 3.01. The van der Waals surface area contributed by atoms with Crippen LogP contribution in [0.15, 0.2) is 23.0 Å². The van der Waals surface area contributed by atoms with E-state index in [1.54, 1.807) is 23.9 Å². The molecule has 3 heteroatoms. The van der Waals surface area contributed by atoms with E-state index in [1.807, 2.05) is 10.8 Å². The van der Waals surface area contributed by atoms with E-state index in [0.29, 0.717) is 0 Å². The van der Waals surface area contributed by atoms with Crippen LogP contribution in [0.2, 0.25) is 0 Å². The lowest BCUT2D eigenvalue weighted by atomic mass is 10.3. The summed E-state index contributed by atoms with van der Waals surface area (Å²) in [5, 5.41) is 12.5. The van der Waals surface area contributed by atoms with E-state index in [-0.39, 0.29) is 18.5 Å². The fourth-order valence-corrected chi connectivity index (χ4v) is 0.955. The summed E-state index contributed by atoms with van der Waals surface area (Å²) in [7, 11) is 0. The number of thioether (sulfide) groups is 1. The summed E-state index contributed by atoms with van der Waals surface area (Å²) in [6, 6.07) is 0. The van der Waals surface area contributed by atoms with Crippen molar-refractivity contribution in [3.63, 3.8) is 0 Å². The van der Waals surface area contributed by atoms with Gasteiger partial charge in [-0.25, -0.2) is 0 Å². The molecule has 0 fully saturated rings. The lowest BCUT2D eigenvalue weighted by Crippen LogP contribution is -1.95. The topological polar surface area (TPSA) is 20.2 Å². The summed E-state index contributed by atoms with van der Waals surface area (Å²) in [6.45, 7) is 0. The zero-order valence-electron chi connectivity index (χ0n) is 4.15. The van der Waals surface area contributed by atoms with Gasteiger partial charge < -0.3 is 5.11 Å². The second-order valence-corrected chi connectivity index (χ2v) is 2.10. The Morgan fingerprint density at radius 2 is 1.75 bits per heavy atom. The van der Waals surface area contributed by atoms with E-state index < -0.39 is 0 Å². The summed E-state index contributed by atoms with van der Waals surface area (Å²) in [4.78, 5) is 0. The first-order chi connectivity index (χ1) is 3.39. The van der Waals surface area contributed by atoms with Gasteiger partial charge in [0.05, 0.1) is 6.10 Å². The molecule has 1 heterocycles. The van der Waals surface area contributed by atoms with Gasteiger partial charge >= 0.3 is 0 Å². The Balaban J connectivity index is 0.000000490. The van der Waals surface area contributed by atoms with Gasteiger partial charge in [0.25, 0.3) is 0 Å². The summed E-state index contributed by atoms with van der Waals surface area (Å²) < 4.78 is 0. The van der Waals surface area contributed by atoms with Gasteiger partial charge in [-0.2, -0.15) is 0 Å². The molecule has 1 aliphatic rings. The minimum Gasteiger partial charge on any atom is -0.385 e. The second-order valence-electron chi connectivity index (χ2n) is 1.28. The average molecular weight is 151 g/mol. The highest BCUT2D eigenvalue weighted by Crippen LogP contribution is 2.10. The predicted octanol–water partition coefficient (Wildman–Crippen LogP) is 1.54. The normalized spacial score (nSPS) is 18.1. The van der Waals surface area contributed by atoms with Gasteiger partial charge in [0, 0.05) is 0 Å². The summed E-state index contributed by atoms with van der Waals surface area (Å²) in [5.41, 5.74) is 0. The molecule has 0 aromatic heterocycles. The molecule has 0 atom stereocenters.